The maximum absolute atomic E-state index is 12.7. The molecule has 0 unspecified atom stereocenters. The van der Waals surface area contributed by atoms with Crippen LogP contribution in [0, 0.1) is 5.92 Å². The van der Waals surface area contributed by atoms with Crippen LogP contribution in [-0.2, 0) is 11.2 Å². The second-order valence-electron chi connectivity index (χ2n) is 8.45. The van der Waals surface area contributed by atoms with Gasteiger partial charge in [0.1, 0.15) is 5.82 Å². The summed E-state index contributed by atoms with van der Waals surface area (Å²) in [6.45, 7) is 7.71. The second kappa shape index (κ2) is 9.51. The zero-order valence-corrected chi connectivity index (χ0v) is 18.1. The van der Waals surface area contributed by atoms with E-state index in [1.54, 1.807) is 12.4 Å². The van der Waals surface area contributed by atoms with Gasteiger partial charge in [-0.25, -0.2) is 9.97 Å². The molecule has 4 heterocycles. The van der Waals surface area contributed by atoms with E-state index in [2.05, 4.69) is 34.8 Å². The minimum Gasteiger partial charge on any atom is -0.356 e. The second-order valence-corrected chi connectivity index (χ2v) is 8.45. The van der Waals surface area contributed by atoms with Gasteiger partial charge >= 0.3 is 0 Å². The van der Waals surface area contributed by atoms with E-state index in [1.165, 1.54) is 0 Å². The lowest BCUT2D eigenvalue weighted by Crippen LogP contribution is -2.47. The number of carbonyl (C=O) groups is 1. The van der Waals surface area contributed by atoms with Gasteiger partial charge in [0.15, 0.2) is 5.82 Å². The van der Waals surface area contributed by atoms with Crippen LogP contribution in [0.15, 0.2) is 30.6 Å². The standard InChI is InChI=1S/C23H32N6O/c1-3-20-17-21(26-23(25-20)19-4-8-24-9-5-19)28-10-6-18(7-11-28)16-22(30)29-14-12-27(2)13-15-29/h4-5,8-9,17-18H,3,6-7,10-16H2,1-2H3. The molecule has 2 aromatic rings. The molecule has 30 heavy (non-hydrogen) atoms. The molecule has 2 fully saturated rings. The fraction of sp³-hybridized carbons (Fsp3) is 0.565. The van der Waals surface area contributed by atoms with Crippen LogP contribution in [0.1, 0.15) is 31.9 Å². The quantitative estimate of drug-likeness (QED) is 0.757. The summed E-state index contributed by atoms with van der Waals surface area (Å²) in [4.78, 5) is 33.0. The van der Waals surface area contributed by atoms with Crippen molar-refractivity contribution >= 4 is 11.7 Å². The lowest BCUT2D eigenvalue weighted by Gasteiger charge is -2.36. The molecule has 0 spiro atoms. The van der Waals surface area contributed by atoms with Gasteiger partial charge in [0.05, 0.1) is 0 Å². The highest BCUT2D eigenvalue weighted by molar-refractivity contribution is 5.76. The number of carbonyl (C=O) groups excluding carboxylic acids is 1. The first-order chi connectivity index (χ1) is 14.6. The number of pyridine rings is 1. The number of aromatic nitrogens is 3. The molecule has 2 aliphatic rings. The van der Waals surface area contributed by atoms with Crippen LogP contribution in [0.2, 0.25) is 0 Å². The summed E-state index contributed by atoms with van der Waals surface area (Å²) < 4.78 is 0. The molecular weight excluding hydrogens is 376 g/mol. The predicted octanol–water partition coefficient (Wildman–Crippen LogP) is 2.48. The average Bonchev–Trinajstić information content (AvgIpc) is 2.80. The number of amides is 1. The van der Waals surface area contributed by atoms with E-state index in [-0.39, 0.29) is 0 Å². The molecule has 4 rings (SSSR count). The topological polar surface area (TPSA) is 65.5 Å². The van der Waals surface area contributed by atoms with Gasteiger partial charge in [0.2, 0.25) is 5.91 Å². The van der Waals surface area contributed by atoms with E-state index in [9.17, 15) is 4.79 Å². The first kappa shape index (κ1) is 20.7. The lowest BCUT2D eigenvalue weighted by atomic mass is 9.93. The van der Waals surface area contributed by atoms with Gasteiger partial charge in [0, 0.05) is 75.4 Å². The highest BCUT2D eigenvalue weighted by Gasteiger charge is 2.26. The average molecular weight is 409 g/mol. The molecule has 7 heteroatoms. The van der Waals surface area contributed by atoms with Crippen LogP contribution in [0.4, 0.5) is 5.82 Å². The number of aryl methyl sites for hydroxylation is 1. The molecule has 0 bridgehead atoms. The third-order valence-corrected chi connectivity index (χ3v) is 6.32. The van der Waals surface area contributed by atoms with Crippen LogP contribution < -0.4 is 4.90 Å². The highest BCUT2D eigenvalue weighted by Crippen LogP contribution is 2.27. The fourth-order valence-electron chi connectivity index (χ4n) is 4.25. The Bertz CT molecular complexity index is 842. The molecule has 160 valence electrons. The Morgan fingerprint density at radius 2 is 1.73 bits per heavy atom. The van der Waals surface area contributed by atoms with Crippen molar-refractivity contribution < 1.29 is 4.79 Å². The summed E-state index contributed by atoms with van der Waals surface area (Å²) in [5.74, 6) is 2.56. The molecule has 0 radical (unpaired) electrons. The smallest absolute Gasteiger partial charge is 0.222 e. The molecular formula is C23H32N6O. The van der Waals surface area contributed by atoms with Gasteiger partial charge in [-0.3, -0.25) is 9.78 Å². The number of hydrogen-bond acceptors (Lipinski definition) is 6. The Labute approximate surface area is 179 Å². The number of anilines is 1. The van der Waals surface area contributed by atoms with Crippen molar-refractivity contribution in [3.05, 3.63) is 36.3 Å². The van der Waals surface area contributed by atoms with E-state index < -0.39 is 0 Å². The summed E-state index contributed by atoms with van der Waals surface area (Å²) in [6.07, 6.45) is 7.19. The summed E-state index contributed by atoms with van der Waals surface area (Å²) in [7, 11) is 2.12. The third-order valence-electron chi connectivity index (χ3n) is 6.32. The Morgan fingerprint density at radius 1 is 1.03 bits per heavy atom. The van der Waals surface area contributed by atoms with Gasteiger partial charge in [-0.2, -0.15) is 0 Å². The van der Waals surface area contributed by atoms with Crippen molar-refractivity contribution in [2.75, 3.05) is 51.2 Å². The number of rotatable bonds is 5. The number of piperidine rings is 1. The van der Waals surface area contributed by atoms with Gasteiger partial charge in [-0.15, -0.1) is 0 Å². The predicted molar refractivity (Wildman–Crippen MR) is 118 cm³/mol. The molecule has 0 N–H and O–H groups in total. The monoisotopic (exact) mass is 408 g/mol. The molecule has 2 saturated heterocycles. The SMILES string of the molecule is CCc1cc(N2CCC(CC(=O)N3CCN(C)CC3)CC2)nc(-c2ccncc2)n1. The van der Waals surface area contributed by atoms with Crippen LogP contribution in [0.3, 0.4) is 0 Å². The first-order valence-electron chi connectivity index (χ1n) is 11.1. The Kier molecular flexibility index (Phi) is 6.57. The Hall–Kier alpha value is -2.54. The molecule has 7 nitrogen and oxygen atoms in total. The van der Waals surface area contributed by atoms with Crippen molar-refractivity contribution in [1.29, 1.82) is 0 Å². The largest absolute Gasteiger partial charge is 0.356 e. The minimum atomic E-state index is 0.330. The summed E-state index contributed by atoms with van der Waals surface area (Å²) in [6, 6.07) is 6.02. The van der Waals surface area contributed by atoms with Crippen molar-refractivity contribution in [2.45, 2.75) is 32.6 Å². The molecule has 0 saturated carbocycles. The molecule has 2 aromatic heterocycles. The molecule has 1 amide bonds. The van der Waals surface area contributed by atoms with Crippen LogP contribution >= 0.6 is 0 Å². The Morgan fingerprint density at radius 3 is 2.40 bits per heavy atom. The lowest BCUT2D eigenvalue weighted by molar-refractivity contribution is -0.133. The normalized spacial score (nSPS) is 18.6. The zero-order valence-electron chi connectivity index (χ0n) is 18.1. The van der Waals surface area contributed by atoms with E-state index in [0.29, 0.717) is 18.2 Å². The molecule has 0 atom stereocenters. The number of likely N-dealkylation sites (N-methyl/N-ethyl adjacent to an activating group) is 1. The van der Waals surface area contributed by atoms with Crippen LogP contribution in [0.25, 0.3) is 11.4 Å². The third kappa shape index (κ3) is 4.95. The zero-order chi connectivity index (χ0) is 20.9. The maximum atomic E-state index is 12.7. The van der Waals surface area contributed by atoms with Crippen molar-refractivity contribution in [1.82, 2.24) is 24.8 Å². The first-order valence-corrected chi connectivity index (χ1v) is 11.1. The van der Waals surface area contributed by atoms with Crippen LogP contribution in [-0.4, -0.2) is 77.0 Å². The van der Waals surface area contributed by atoms with Gasteiger partial charge in [-0.05, 0) is 44.4 Å². The summed E-state index contributed by atoms with van der Waals surface area (Å²) in [5.41, 5.74) is 2.05. The maximum Gasteiger partial charge on any atom is 0.222 e. The highest BCUT2D eigenvalue weighted by atomic mass is 16.2. The fourth-order valence-corrected chi connectivity index (χ4v) is 4.25. The van der Waals surface area contributed by atoms with Gasteiger partial charge < -0.3 is 14.7 Å². The van der Waals surface area contributed by atoms with Crippen molar-refractivity contribution in [3.8, 4) is 11.4 Å². The number of piperazine rings is 1. The van der Waals surface area contributed by atoms with E-state index >= 15 is 0 Å². The van der Waals surface area contributed by atoms with Crippen molar-refractivity contribution in [2.24, 2.45) is 5.92 Å². The summed E-state index contributed by atoms with van der Waals surface area (Å²) in [5, 5.41) is 0. The van der Waals surface area contributed by atoms with E-state index in [0.717, 1.165) is 81.4 Å². The molecule has 0 aromatic carbocycles. The van der Waals surface area contributed by atoms with Crippen LogP contribution in [0.5, 0.6) is 0 Å². The molecule has 2 aliphatic heterocycles. The summed E-state index contributed by atoms with van der Waals surface area (Å²) >= 11 is 0. The van der Waals surface area contributed by atoms with Gasteiger partial charge in [-0.1, -0.05) is 6.92 Å². The van der Waals surface area contributed by atoms with Gasteiger partial charge in [0.25, 0.3) is 0 Å². The molecule has 0 aliphatic carbocycles. The minimum absolute atomic E-state index is 0.330. The van der Waals surface area contributed by atoms with Crippen molar-refractivity contribution in [3.63, 3.8) is 0 Å². The Balaban J connectivity index is 1.37. The number of hydrogen-bond donors (Lipinski definition) is 0. The number of nitrogens with zero attached hydrogens (tertiary/aromatic N) is 6. The van der Waals surface area contributed by atoms with E-state index in [1.807, 2.05) is 17.0 Å². The van der Waals surface area contributed by atoms with E-state index in [4.69, 9.17) is 9.97 Å².